The Balaban J connectivity index is 0.000000515. The first-order chi connectivity index (χ1) is 21.1. The van der Waals surface area contributed by atoms with Gasteiger partial charge in [0.25, 0.3) is 16.0 Å². The van der Waals surface area contributed by atoms with Crippen molar-refractivity contribution in [3.05, 3.63) is 59.1 Å². The standard InChI is InChI=1S/C26H29F2N5O4S.C2HF3O2/c1-16(20-5-7-23(29-13-20)36-15-17-11-26(27,28)12-17)33-9-8-18-4-6-22(10-21(18)14-33)38(34,35)32-25-30-24(37-31-25)19-2-3-19;3-2(4,5)1(6)7/h4-7,10,13,16-17,19H,2-3,8-9,11-12,14-15H2,1H3,(H,31,32);(H,6,7)/p-1/t16-;/m1./s1. The molecule has 0 amide bonds. The number of carboxylic acid groups (broad SMARTS) is 1. The zero-order valence-electron chi connectivity index (χ0n) is 23.9. The summed E-state index contributed by atoms with van der Waals surface area (Å²) in [5.74, 6) is -4.61. The van der Waals surface area contributed by atoms with Crippen LogP contribution >= 0.6 is 0 Å². The van der Waals surface area contributed by atoms with Gasteiger partial charge in [0.2, 0.25) is 17.7 Å². The minimum Gasteiger partial charge on any atom is -0.542 e. The highest BCUT2D eigenvalue weighted by Gasteiger charge is 2.45. The second-order valence-corrected chi connectivity index (χ2v) is 13.0. The summed E-state index contributed by atoms with van der Waals surface area (Å²) in [4.78, 5) is 19.7. The normalized spacial score (nSPS) is 19.0. The van der Waals surface area contributed by atoms with Crippen LogP contribution in [-0.4, -0.2) is 59.7 Å². The van der Waals surface area contributed by atoms with Crippen LogP contribution in [0.5, 0.6) is 5.88 Å². The van der Waals surface area contributed by atoms with Gasteiger partial charge in [-0.1, -0.05) is 12.1 Å². The first-order valence-electron chi connectivity index (χ1n) is 14.1. The molecule has 45 heavy (non-hydrogen) atoms. The molecule has 2 aliphatic carbocycles. The highest BCUT2D eigenvalue weighted by atomic mass is 32.2. The highest BCUT2D eigenvalue weighted by molar-refractivity contribution is 7.92. The molecule has 2 saturated carbocycles. The Bertz CT molecular complexity index is 1620. The molecule has 6 rings (SSSR count). The predicted octanol–water partition coefficient (Wildman–Crippen LogP) is 3.98. The summed E-state index contributed by atoms with van der Waals surface area (Å²) in [6, 6.07) is 8.91. The second-order valence-electron chi connectivity index (χ2n) is 11.3. The van der Waals surface area contributed by atoms with Gasteiger partial charge in [-0.2, -0.15) is 18.2 Å². The van der Waals surface area contributed by atoms with Gasteiger partial charge < -0.3 is 19.2 Å². The number of halogens is 5. The number of rotatable bonds is 9. The molecule has 2 aromatic heterocycles. The molecule has 1 aromatic carbocycles. The third kappa shape index (κ3) is 8.25. The lowest BCUT2D eigenvalue weighted by atomic mass is 9.82. The van der Waals surface area contributed by atoms with Crippen LogP contribution in [0.25, 0.3) is 0 Å². The molecular weight excluding hydrogens is 629 g/mol. The van der Waals surface area contributed by atoms with Crippen molar-refractivity contribution in [2.24, 2.45) is 5.92 Å². The van der Waals surface area contributed by atoms with Crippen molar-refractivity contribution in [3.8, 4) is 5.88 Å². The quantitative estimate of drug-likeness (QED) is 0.335. The Kier molecular flexibility index (Phi) is 9.04. The van der Waals surface area contributed by atoms with E-state index in [2.05, 4.69) is 31.7 Å². The summed E-state index contributed by atoms with van der Waals surface area (Å²) in [7, 11) is -3.87. The van der Waals surface area contributed by atoms with E-state index in [-0.39, 0.29) is 48.2 Å². The molecule has 3 heterocycles. The average Bonchev–Trinajstić information content (AvgIpc) is 3.72. The minimum atomic E-state index is -5.19. The van der Waals surface area contributed by atoms with Gasteiger partial charge >= 0.3 is 6.18 Å². The van der Waals surface area contributed by atoms with Gasteiger partial charge in [0.1, 0.15) is 5.97 Å². The summed E-state index contributed by atoms with van der Waals surface area (Å²) in [6.07, 6.45) is -0.953. The van der Waals surface area contributed by atoms with Crippen molar-refractivity contribution >= 4 is 21.9 Å². The van der Waals surface area contributed by atoms with Gasteiger partial charge in [-0.3, -0.25) is 4.90 Å². The van der Waals surface area contributed by atoms with E-state index in [1.807, 2.05) is 12.1 Å². The van der Waals surface area contributed by atoms with Crippen molar-refractivity contribution in [3.63, 3.8) is 0 Å². The van der Waals surface area contributed by atoms with Crippen molar-refractivity contribution < 1.29 is 49.5 Å². The van der Waals surface area contributed by atoms with Gasteiger partial charge in [0.15, 0.2) is 0 Å². The summed E-state index contributed by atoms with van der Waals surface area (Å²) in [5.41, 5.74) is 3.05. The van der Waals surface area contributed by atoms with E-state index >= 15 is 0 Å². The number of carbonyl (C=O) groups is 1. The Morgan fingerprint density at radius 3 is 2.51 bits per heavy atom. The lowest BCUT2D eigenvalue weighted by molar-refractivity contribution is -0.344. The van der Waals surface area contributed by atoms with Crippen molar-refractivity contribution in [2.75, 3.05) is 17.9 Å². The van der Waals surface area contributed by atoms with Crippen LogP contribution < -0.4 is 14.6 Å². The molecular formula is C28H29F5N5O6S-. The van der Waals surface area contributed by atoms with Gasteiger partial charge in [0.05, 0.1) is 11.5 Å². The first kappa shape index (κ1) is 32.5. The fraction of sp³-hybridized carbons (Fsp3) is 0.500. The van der Waals surface area contributed by atoms with E-state index in [0.29, 0.717) is 18.3 Å². The number of fused-ring (bicyclic) bond motifs is 1. The molecule has 11 nitrogen and oxygen atoms in total. The average molecular weight is 659 g/mol. The molecule has 3 aliphatic rings. The number of pyridine rings is 1. The number of carboxylic acids is 1. The van der Waals surface area contributed by atoms with Gasteiger partial charge in [0, 0.05) is 56.1 Å². The smallest absolute Gasteiger partial charge is 0.430 e. The van der Waals surface area contributed by atoms with Crippen molar-refractivity contribution in [2.45, 2.75) is 74.5 Å². The van der Waals surface area contributed by atoms with E-state index in [1.54, 1.807) is 24.4 Å². The third-order valence-corrected chi connectivity index (χ3v) is 9.11. The highest BCUT2D eigenvalue weighted by Crippen LogP contribution is 2.42. The number of aromatic nitrogens is 3. The Morgan fingerprint density at radius 2 is 1.91 bits per heavy atom. The fourth-order valence-electron chi connectivity index (χ4n) is 5.05. The SMILES string of the molecule is C[C@H](c1ccc(OCC2CC(F)(F)C2)nc1)N1CCc2ccc(S(=O)(=O)Nc3noc(C4CC4)n3)cc2C1.O=C([O-])C(F)(F)F. The van der Waals surface area contributed by atoms with Gasteiger partial charge in [-0.05, 0) is 60.2 Å². The van der Waals surface area contributed by atoms with Crippen LogP contribution in [0, 0.1) is 5.92 Å². The summed E-state index contributed by atoms with van der Waals surface area (Å²) in [6.45, 7) is 3.73. The Labute approximate surface area is 254 Å². The minimum absolute atomic E-state index is 0.0357. The van der Waals surface area contributed by atoms with Crippen molar-refractivity contribution in [1.29, 1.82) is 0 Å². The topological polar surface area (TPSA) is 151 Å². The maximum atomic E-state index is 13.0. The molecule has 3 aromatic rings. The van der Waals surface area contributed by atoms with Gasteiger partial charge in [-0.25, -0.2) is 26.9 Å². The molecule has 0 radical (unpaired) electrons. The van der Waals surface area contributed by atoms with Crippen LogP contribution in [0.3, 0.4) is 0 Å². The van der Waals surface area contributed by atoms with Gasteiger partial charge in [-0.15, -0.1) is 0 Å². The predicted molar refractivity (Wildman–Crippen MR) is 145 cm³/mol. The molecule has 2 fully saturated rings. The first-order valence-corrected chi connectivity index (χ1v) is 15.5. The maximum Gasteiger partial charge on any atom is 0.430 e. The number of ether oxygens (including phenoxy) is 1. The second kappa shape index (κ2) is 12.5. The van der Waals surface area contributed by atoms with E-state index < -0.39 is 28.1 Å². The summed E-state index contributed by atoms with van der Waals surface area (Å²) in [5, 5.41) is 12.5. The molecule has 0 spiro atoms. The molecule has 1 atom stereocenters. The largest absolute Gasteiger partial charge is 0.542 e. The summed E-state index contributed by atoms with van der Waals surface area (Å²) >= 11 is 0. The zero-order chi connectivity index (χ0) is 32.6. The molecule has 244 valence electrons. The number of carbonyl (C=O) groups excluding carboxylic acids is 1. The van der Waals surface area contributed by atoms with Crippen LogP contribution in [0.2, 0.25) is 0 Å². The number of hydrogen-bond donors (Lipinski definition) is 1. The monoisotopic (exact) mass is 658 g/mol. The van der Waals surface area contributed by atoms with Crippen LogP contribution in [0.1, 0.15) is 67.1 Å². The Morgan fingerprint density at radius 1 is 1.20 bits per heavy atom. The molecule has 0 bridgehead atoms. The lowest BCUT2D eigenvalue weighted by Crippen LogP contribution is -2.38. The lowest BCUT2D eigenvalue weighted by Gasteiger charge is -2.34. The molecule has 0 unspecified atom stereocenters. The molecule has 0 saturated heterocycles. The van der Waals surface area contributed by atoms with E-state index in [1.165, 1.54) is 0 Å². The Hall–Kier alpha value is -3.86. The molecule has 1 aliphatic heterocycles. The number of hydrogen-bond acceptors (Lipinski definition) is 10. The van der Waals surface area contributed by atoms with Crippen LogP contribution in [-0.2, 0) is 27.8 Å². The number of sulfonamides is 1. The summed E-state index contributed by atoms with van der Waals surface area (Å²) < 4.78 is 96.7. The number of benzene rings is 1. The number of anilines is 1. The van der Waals surface area contributed by atoms with Crippen molar-refractivity contribution in [1.82, 2.24) is 20.0 Å². The molecule has 1 N–H and O–H groups in total. The van der Waals surface area contributed by atoms with E-state index in [0.717, 1.165) is 42.5 Å². The van der Waals surface area contributed by atoms with E-state index in [4.69, 9.17) is 19.2 Å². The number of aliphatic carboxylic acids is 1. The van der Waals surface area contributed by atoms with E-state index in [9.17, 15) is 30.4 Å². The zero-order valence-corrected chi connectivity index (χ0v) is 24.7. The molecule has 17 heteroatoms. The number of nitrogens with one attached hydrogen (secondary N) is 1. The fourth-order valence-corrected chi connectivity index (χ4v) is 6.03. The maximum absolute atomic E-state index is 13.0. The number of nitrogens with zero attached hydrogens (tertiary/aromatic N) is 4. The van der Waals surface area contributed by atoms with Crippen LogP contribution in [0.15, 0.2) is 45.9 Å². The number of alkyl halides is 5. The third-order valence-electron chi connectivity index (χ3n) is 7.79. The van der Waals surface area contributed by atoms with Crippen LogP contribution in [0.4, 0.5) is 27.9 Å².